The molecule has 1 aliphatic rings. The summed E-state index contributed by atoms with van der Waals surface area (Å²) >= 11 is 0. The van der Waals surface area contributed by atoms with E-state index in [1.165, 1.54) is 0 Å². The molecule has 0 aliphatic carbocycles. The van der Waals surface area contributed by atoms with Crippen LogP contribution in [0.4, 0.5) is 0 Å². The highest BCUT2D eigenvalue weighted by Gasteiger charge is 2.39. The number of rotatable bonds is 5. The summed E-state index contributed by atoms with van der Waals surface area (Å²) in [7, 11) is 0. The van der Waals surface area contributed by atoms with E-state index >= 15 is 0 Å². The number of benzene rings is 1. The van der Waals surface area contributed by atoms with Gasteiger partial charge in [-0.25, -0.2) is 0 Å². The van der Waals surface area contributed by atoms with E-state index in [1.807, 2.05) is 30.3 Å². The van der Waals surface area contributed by atoms with Crippen molar-refractivity contribution in [3.05, 3.63) is 35.9 Å². The van der Waals surface area contributed by atoms with Gasteiger partial charge in [0.2, 0.25) is 0 Å². The average molecular weight is 262 g/mol. The zero-order valence-electron chi connectivity index (χ0n) is 11.0. The highest BCUT2D eigenvalue weighted by Crippen LogP contribution is 2.38. The molecule has 3 unspecified atom stereocenters. The van der Waals surface area contributed by atoms with Gasteiger partial charge in [0, 0.05) is 5.92 Å². The maximum atomic E-state index is 11.5. The van der Waals surface area contributed by atoms with Crippen molar-refractivity contribution >= 4 is 12.3 Å². The molecule has 1 saturated heterocycles. The van der Waals surface area contributed by atoms with Gasteiger partial charge in [-0.05, 0) is 12.5 Å². The number of carbonyl (C=O) groups is 2. The lowest BCUT2D eigenvalue weighted by molar-refractivity contribution is -0.144. The SMILES string of the molecule is CCOC(=O)CC1COC(c2ccccc2)C1C=O. The van der Waals surface area contributed by atoms with Gasteiger partial charge >= 0.3 is 5.97 Å². The molecule has 1 aromatic carbocycles. The van der Waals surface area contributed by atoms with Crippen LogP contribution in [-0.2, 0) is 19.1 Å². The van der Waals surface area contributed by atoms with Crippen LogP contribution >= 0.6 is 0 Å². The third-order valence-corrected chi connectivity index (χ3v) is 3.40. The molecule has 0 N–H and O–H groups in total. The van der Waals surface area contributed by atoms with Crippen LogP contribution in [0, 0.1) is 11.8 Å². The fraction of sp³-hybridized carbons (Fsp3) is 0.467. The first-order chi connectivity index (χ1) is 9.26. The van der Waals surface area contributed by atoms with Crippen molar-refractivity contribution in [1.82, 2.24) is 0 Å². The minimum atomic E-state index is -0.285. The fourth-order valence-electron chi connectivity index (χ4n) is 2.47. The summed E-state index contributed by atoms with van der Waals surface area (Å²) in [6.07, 6.45) is 0.882. The van der Waals surface area contributed by atoms with Crippen LogP contribution in [-0.4, -0.2) is 25.5 Å². The predicted octanol–water partition coefficient (Wildman–Crippen LogP) is 2.14. The van der Waals surface area contributed by atoms with Gasteiger partial charge in [-0.2, -0.15) is 0 Å². The molecule has 4 heteroatoms. The molecular formula is C15H18O4. The van der Waals surface area contributed by atoms with Gasteiger partial charge in [0.25, 0.3) is 0 Å². The summed E-state index contributed by atoms with van der Waals surface area (Å²) in [6, 6.07) is 9.63. The predicted molar refractivity (Wildman–Crippen MR) is 69.4 cm³/mol. The van der Waals surface area contributed by atoms with E-state index in [4.69, 9.17) is 9.47 Å². The van der Waals surface area contributed by atoms with Crippen LogP contribution in [0.15, 0.2) is 30.3 Å². The average Bonchev–Trinajstić information content (AvgIpc) is 2.82. The summed E-state index contributed by atoms with van der Waals surface area (Å²) < 4.78 is 10.6. The number of esters is 1. The van der Waals surface area contributed by atoms with Crippen LogP contribution in [0.2, 0.25) is 0 Å². The van der Waals surface area contributed by atoms with Crippen molar-refractivity contribution in [3.8, 4) is 0 Å². The number of ether oxygens (including phenoxy) is 2. The van der Waals surface area contributed by atoms with E-state index in [0.29, 0.717) is 13.2 Å². The maximum absolute atomic E-state index is 11.5. The van der Waals surface area contributed by atoms with Crippen molar-refractivity contribution in [2.24, 2.45) is 11.8 Å². The van der Waals surface area contributed by atoms with Crippen LogP contribution in [0.1, 0.15) is 25.0 Å². The molecule has 1 fully saturated rings. The monoisotopic (exact) mass is 262 g/mol. The van der Waals surface area contributed by atoms with E-state index in [2.05, 4.69) is 0 Å². The normalized spacial score (nSPS) is 26.1. The van der Waals surface area contributed by atoms with Crippen LogP contribution < -0.4 is 0 Å². The Balaban J connectivity index is 2.05. The summed E-state index contributed by atoms with van der Waals surface area (Å²) in [4.78, 5) is 22.8. The Labute approximate surface area is 112 Å². The zero-order valence-corrected chi connectivity index (χ0v) is 11.0. The van der Waals surface area contributed by atoms with Crippen LogP contribution in [0.25, 0.3) is 0 Å². The maximum Gasteiger partial charge on any atom is 0.306 e. The van der Waals surface area contributed by atoms with E-state index in [9.17, 15) is 9.59 Å². The molecule has 4 nitrogen and oxygen atoms in total. The van der Waals surface area contributed by atoms with E-state index in [0.717, 1.165) is 11.8 Å². The third-order valence-electron chi connectivity index (χ3n) is 3.40. The molecule has 0 aromatic heterocycles. The Morgan fingerprint density at radius 2 is 2.16 bits per heavy atom. The molecule has 3 atom stereocenters. The van der Waals surface area contributed by atoms with Crippen molar-refractivity contribution in [2.45, 2.75) is 19.4 Å². The zero-order chi connectivity index (χ0) is 13.7. The van der Waals surface area contributed by atoms with Crippen molar-refractivity contribution in [3.63, 3.8) is 0 Å². The Morgan fingerprint density at radius 1 is 1.42 bits per heavy atom. The molecule has 2 rings (SSSR count). The fourth-order valence-corrected chi connectivity index (χ4v) is 2.47. The lowest BCUT2D eigenvalue weighted by Crippen LogP contribution is -2.20. The molecule has 1 aromatic rings. The highest BCUT2D eigenvalue weighted by molar-refractivity contribution is 5.71. The standard InChI is InChI=1S/C15H18O4/c1-2-18-14(17)8-12-10-19-15(13(12)9-16)11-6-4-3-5-7-11/h3-7,9,12-13,15H,2,8,10H2,1H3. The first-order valence-electron chi connectivity index (χ1n) is 6.53. The number of aldehydes is 1. The topological polar surface area (TPSA) is 52.6 Å². The molecule has 0 spiro atoms. The van der Waals surface area contributed by atoms with Gasteiger partial charge in [-0.15, -0.1) is 0 Å². The number of carbonyl (C=O) groups excluding carboxylic acids is 2. The lowest BCUT2D eigenvalue weighted by Gasteiger charge is -2.17. The second kappa shape index (κ2) is 6.48. The Morgan fingerprint density at radius 3 is 2.79 bits per heavy atom. The first-order valence-corrected chi connectivity index (χ1v) is 6.53. The van der Waals surface area contributed by atoms with Crippen molar-refractivity contribution < 1.29 is 19.1 Å². The highest BCUT2D eigenvalue weighted by atomic mass is 16.5. The molecule has 0 amide bonds. The molecule has 0 radical (unpaired) electrons. The summed E-state index contributed by atoms with van der Waals surface area (Å²) in [5.41, 5.74) is 0.978. The van der Waals surface area contributed by atoms with E-state index < -0.39 is 0 Å². The largest absolute Gasteiger partial charge is 0.466 e. The van der Waals surface area contributed by atoms with Gasteiger partial charge in [0.15, 0.2) is 0 Å². The molecular weight excluding hydrogens is 244 g/mol. The van der Waals surface area contributed by atoms with Gasteiger partial charge in [-0.3, -0.25) is 4.79 Å². The van der Waals surface area contributed by atoms with Gasteiger partial charge < -0.3 is 14.3 Å². The van der Waals surface area contributed by atoms with Crippen molar-refractivity contribution in [1.29, 1.82) is 0 Å². The third kappa shape index (κ3) is 3.20. The van der Waals surface area contributed by atoms with Gasteiger partial charge in [0.1, 0.15) is 6.29 Å². The van der Waals surface area contributed by atoms with Crippen molar-refractivity contribution in [2.75, 3.05) is 13.2 Å². The molecule has 1 heterocycles. The number of hydrogen-bond donors (Lipinski definition) is 0. The lowest BCUT2D eigenvalue weighted by atomic mass is 9.87. The van der Waals surface area contributed by atoms with E-state index in [-0.39, 0.29) is 30.3 Å². The molecule has 102 valence electrons. The minimum absolute atomic E-state index is 0.0956. The molecule has 19 heavy (non-hydrogen) atoms. The second-order valence-corrected chi connectivity index (χ2v) is 4.65. The second-order valence-electron chi connectivity index (χ2n) is 4.65. The minimum Gasteiger partial charge on any atom is -0.466 e. The van der Waals surface area contributed by atoms with Crippen LogP contribution in [0.5, 0.6) is 0 Å². The van der Waals surface area contributed by atoms with Crippen LogP contribution in [0.3, 0.4) is 0 Å². The smallest absolute Gasteiger partial charge is 0.306 e. The molecule has 1 aliphatic heterocycles. The Kier molecular flexibility index (Phi) is 4.68. The molecule has 0 bridgehead atoms. The summed E-state index contributed by atoms with van der Waals surface area (Å²) in [6.45, 7) is 2.55. The Hall–Kier alpha value is -1.68. The van der Waals surface area contributed by atoms with Gasteiger partial charge in [0.05, 0.1) is 31.7 Å². The number of hydrogen-bond acceptors (Lipinski definition) is 4. The summed E-state index contributed by atoms with van der Waals surface area (Å²) in [5.74, 6) is -0.648. The van der Waals surface area contributed by atoms with Gasteiger partial charge in [-0.1, -0.05) is 30.3 Å². The summed E-state index contributed by atoms with van der Waals surface area (Å²) in [5, 5.41) is 0. The molecule has 0 saturated carbocycles. The first kappa shape index (κ1) is 13.7. The van der Waals surface area contributed by atoms with E-state index in [1.54, 1.807) is 6.92 Å². The Bertz CT molecular complexity index is 429. The quantitative estimate of drug-likeness (QED) is 0.602.